The smallest absolute Gasteiger partial charge is 0.244 e. The molecule has 0 aliphatic carbocycles. The lowest BCUT2D eigenvalue weighted by molar-refractivity contribution is -0.116. The summed E-state index contributed by atoms with van der Waals surface area (Å²) in [6.45, 7) is 1.42. The van der Waals surface area contributed by atoms with E-state index in [4.69, 9.17) is 0 Å². The Kier molecular flexibility index (Phi) is 4.13. The monoisotopic (exact) mass is 374 g/mol. The van der Waals surface area contributed by atoms with Crippen molar-refractivity contribution in [1.29, 1.82) is 0 Å². The van der Waals surface area contributed by atoms with Crippen molar-refractivity contribution in [2.75, 3.05) is 5.01 Å². The van der Waals surface area contributed by atoms with Gasteiger partial charge in [0.25, 0.3) is 0 Å². The first-order chi connectivity index (χ1) is 10.6. The number of hydrogen-bond acceptors (Lipinski definition) is 4. The van der Waals surface area contributed by atoms with E-state index < -0.39 is 0 Å². The Hall–Kier alpha value is -1.92. The fraction of sp³-hybridized carbons (Fsp3) is 0.0625. The number of ketones is 1. The highest BCUT2D eigenvalue weighted by atomic mass is 79.9. The molecule has 1 amide bonds. The van der Waals surface area contributed by atoms with Crippen molar-refractivity contribution in [1.82, 2.24) is 0 Å². The number of thioether (sulfide) groups is 1. The van der Waals surface area contributed by atoms with Crippen molar-refractivity contribution >= 4 is 50.1 Å². The summed E-state index contributed by atoms with van der Waals surface area (Å²) in [6, 6.07) is 14.6. The number of benzene rings is 2. The summed E-state index contributed by atoms with van der Waals surface area (Å²) in [5, 5.41) is 5.82. The summed E-state index contributed by atoms with van der Waals surface area (Å²) in [4.78, 5) is 25.1. The molecule has 1 heterocycles. The van der Waals surface area contributed by atoms with Crippen LogP contribution in [0.4, 0.5) is 5.69 Å². The summed E-state index contributed by atoms with van der Waals surface area (Å²) < 4.78 is 0.838. The maximum absolute atomic E-state index is 12.4. The maximum Gasteiger partial charge on any atom is 0.244 e. The summed E-state index contributed by atoms with van der Waals surface area (Å²) in [5.74, 6) is -0.406. The van der Waals surface area contributed by atoms with E-state index in [1.54, 1.807) is 18.2 Å². The lowest BCUT2D eigenvalue weighted by atomic mass is 10.1. The molecule has 4 nitrogen and oxygen atoms in total. The quantitative estimate of drug-likeness (QED) is 0.743. The van der Waals surface area contributed by atoms with Crippen LogP contribution in [0.15, 0.2) is 63.0 Å². The van der Waals surface area contributed by atoms with Gasteiger partial charge < -0.3 is 0 Å². The molecule has 0 N–H and O–H groups in total. The average Bonchev–Trinajstić information content (AvgIpc) is 2.81. The number of amides is 1. The second kappa shape index (κ2) is 6.06. The van der Waals surface area contributed by atoms with Gasteiger partial charge in [0.2, 0.25) is 11.7 Å². The number of fused-ring (bicyclic) bond motifs is 1. The Morgan fingerprint density at radius 1 is 1.18 bits per heavy atom. The van der Waals surface area contributed by atoms with Crippen LogP contribution >= 0.6 is 27.7 Å². The normalized spacial score (nSPS) is 15.0. The molecule has 1 aliphatic heterocycles. The Morgan fingerprint density at radius 3 is 2.64 bits per heavy atom. The summed E-state index contributed by atoms with van der Waals surface area (Å²) in [5.41, 5.74) is 1.24. The number of halogens is 1. The fourth-order valence-corrected chi connectivity index (χ4v) is 3.42. The van der Waals surface area contributed by atoms with Gasteiger partial charge in [0.15, 0.2) is 5.04 Å². The van der Waals surface area contributed by atoms with Crippen molar-refractivity contribution in [3.63, 3.8) is 0 Å². The zero-order valence-corrected chi connectivity index (χ0v) is 14.0. The fourth-order valence-electron chi connectivity index (χ4n) is 2.08. The molecular formula is C16H11BrN2O2S. The number of hydrazone groups is 1. The van der Waals surface area contributed by atoms with Gasteiger partial charge in [0, 0.05) is 21.9 Å². The maximum atomic E-state index is 12.4. The van der Waals surface area contributed by atoms with Gasteiger partial charge in [-0.15, -0.1) is 0 Å². The number of carbonyl (C=O) groups excluding carboxylic acids is 2. The first-order valence-electron chi connectivity index (χ1n) is 6.53. The minimum absolute atomic E-state index is 0.151. The third-order valence-electron chi connectivity index (χ3n) is 3.07. The lowest BCUT2D eigenvalue weighted by Crippen LogP contribution is -2.24. The number of hydrogen-bond donors (Lipinski definition) is 0. The van der Waals surface area contributed by atoms with Gasteiger partial charge in [0.1, 0.15) is 0 Å². The average molecular weight is 375 g/mol. The van der Waals surface area contributed by atoms with E-state index in [1.165, 1.54) is 23.7 Å². The number of Topliss-reactive ketones (excluding diaryl/α,β-unsaturated/α-hetero) is 1. The van der Waals surface area contributed by atoms with Crippen LogP contribution in [0.25, 0.3) is 0 Å². The molecule has 1 aliphatic rings. The standard InChI is InChI=1S/C16H11BrN2O2S/c1-10(20)19(12-6-4-5-11(17)9-12)18-16-15(21)13-7-2-3-8-14(13)22-16/h2-9H,1H3/b18-16-. The molecule has 0 bridgehead atoms. The predicted molar refractivity (Wildman–Crippen MR) is 91.4 cm³/mol. The van der Waals surface area contributed by atoms with Crippen molar-refractivity contribution in [3.8, 4) is 0 Å². The molecule has 0 aromatic heterocycles. The van der Waals surface area contributed by atoms with Gasteiger partial charge in [0.05, 0.1) is 5.69 Å². The Morgan fingerprint density at radius 2 is 1.95 bits per heavy atom. The van der Waals surface area contributed by atoms with Crippen LogP contribution < -0.4 is 5.01 Å². The number of anilines is 1. The molecule has 6 heteroatoms. The number of rotatable bonds is 2. The Balaban J connectivity index is 1.99. The van der Waals surface area contributed by atoms with Crippen LogP contribution in [0, 0.1) is 0 Å². The number of carbonyl (C=O) groups is 2. The Bertz CT molecular complexity index is 804. The first kappa shape index (κ1) is 15.0. The molecule has 3 rings (SSSR count). The van der Waals surface area contributed by atoms with Crippen LogP contribution in [0.1, 0.15) is 17.3 Å². The molecule has 2 aromatic rings. The Labute approximate surface area is 140 Å². The molecule has 0 unspecified atom stereocenters. The van der Waals surface area contributed by atoms with Gasteiger partial charge in [-0.05, 0) is 30.3 Å². The molecule has 0 radical (unpaired) electrons. The van der Waals surface area contributed by atoms with E-state index in [0.29, 0.717) is 16.3 Å². The van der Waals surface area contributed by atoms with Gasteiger partial charge in [-0.1, -0.05) is 45.9 Å². The van der Waals surface area contributed by atoms with Crippen molar-refractivity contribution in [2.24, 2.45) is 5.10 Å². The van der Waals surface area contributed by atoms with E-state index in [0.717, 1.165) is 9.37 Å². The van der Waals surface area contributed by atoms with Crippen molar-refractivity contribution in [3.05, 3.63) is 58.6 Å². The topological polar surface area (TPSA) is 49.7 Å². The third kappa shape index (κ3) is 2.84. The van der Waals surface area contributed by atoms with Gasteiger partial charge in [-0.25, -0.2) is 0 Å². The minimum Gasteiger partial charge on any atom is -0.286 e. The molecule has 110 valence electrons. The number of nitrogens with zero attached hydrogens (tertiary/aromatic N) is 2. The second-order valence-corrected chi connectivity index (χ2v) is 6.59. The van der Waals surface area contributed by atoms with Gasteiger partial charge in [-0.3, -0.25) is 9.59 Å². The van der Waals surface area contributed by atoms with Crippen molar-refractivity contribution < 1.29 is 9.59 Å². The largest absolute Gasteiger partial charge is 0.286 e. The highest BCUT2D eigenvalue weighted by Gasteiger charge is 2.28. The van der Waals surface area contributed by atoms with E-state index in [-0.39, 0.29) is 11.7 Å². The van der Waals surface area contributed by atoms with Gasteiger partial charge >= 0.3 is 0 Å². The van der Waals surface area contributed by atoms with Crippen molar-refractivity contribution in [2.45, 2.75) is 11.8 Å². The van der Waals surface area contributed by atoms with Crippen LogP contribution in [0.3, 0.4) is 0 Å². The second-order valence-electron chi connectivity index (χ2n) is 4.64. The molecule has 0 saturated carbocycles. The van der Waals surface area contributed by atoms with E-state index in [1.807, 2.05) is 30.3 Å². The van der Waals surface area contributed by atoms with E-state index >= 15 is 0 Å². The first-order valence-corrected chi connectivity index (χ1v) is 8.13. The molecule has 2 aromatic carbocycles. The van der Waals surface area contributed by atoms with E-state index in [9.17, 15) is 9.59 Å². The van der Waals surface area contributed by atoms with Crippen LogP contribution in [0.2, 0.25) is 0 Å². The van der Waals surface area contributed by atoms with E-state index in [2.05, 4.69) is 21.0 Å². The molecule has 0 spiro atoms. The van der Waals surface area contributed by atoms with Crippen LogP contribution in [0.5, 0.6) is 0 Å². The predicted octanol–water partition coefficient (Wildman–Crippen LogP) is 4.10. The lowest BCUT2D eigenvalue weighted by Gasteiger charge is -2.15. The third-order valence-corrected chi connectivity index (χ3v) is 4.60. The van der Waals surface area contributed by atoms with Crippen LogP contribution in [-0.2, 0) is 4.79 Å². The summed E-state index contributed by atoms with van der Waals surface area (Å²) in [6.07, 6.45) is 0. The zero-order chi connectivity index (χ0) is 15.7. The molecule has 0 atom stereocenters. The highest BCUT2D eigenvalue weighted by molar-refractivity contribution is 9.10. The minimum atomic E-state index is -0.255. The molecule has 0 fully saturated rings. The SMILES string of the molecule is CC(=O)N(/N=C1\Sc2ccccc2C1=O)c1cccc(Br)c1. The zero-order valence-electron chi connectivity index (χ0n) is 11.6. The van der Waals surface area contributed by atoms with Gasteiger partial charge in [-0.2, -0.15) is 10.1 Å². The summed E-state index contributed by atoms with van der Waals surface area (Å²) in [7, 11) is 0. The molecule has 0 saturated heterocycles. The van der Waals surface area contributed by atoms with Crippen LogP contribution in [-0.4, -0.2) is 16.7 Å². The molecule has 22 heavy (non-hydrogen) atoms. The summed E-state index contributed by atoms with van der Waals surface area (Å²) >= 11 is 4.65. The highest BCUT2D eigenvalue weighted by Crippen LogP contribution is 2.34. The molecular weight excluding hydrogens is 364 g/mol.